The first-order valence-electron chi connectivity index (χ1n) is 7.57. The molecule has 0 aromatic heterocycles. The number of nitrogens with one attached hydrogen (secondary N) is 1. The molecule has 0 bridgehead atoms. The molecular weight excluding hydrogens is 305 g/mol. The summed E-state index contributed by atoms with van der Waals surface area (Å²) in [4.78, 5) is 4.86. The highest BCUT2D eigenvalue weighted by Crippen LogP contribution is 2.24. The molecular formula is C16H25Cl2N3. The fraction of sp³-hybridized carbons (Fsp3) is 0.625. The van der Waals surface area contributed by atoms with Crippen molar-refractivity contribution in [2.24, 2.45) is 0 Å². The van der Waals surface area contributed by atoms with Gasteiger partial charge in [0.2, 0.25) is 0 Å². The number of piperazine rings is 1. The van der Waals surface area contributed by atoms with E-state index in [1.54, 1.807) is 0 Å². The smallest absolute Gasteiger partial charge is 0.0453 e. The second kappa shape index (κ2) is 7.80. The number of benzene rings is 1. The fourth-order valence-electron chi connectivity index (χ4n) is 3.01. The summed E-state index contributed by atoms with van der Waals surface area (Å²) in [5.74, 6) is 0. The molecule has 5 heteroatoms. The zero-order valence-electron chi connectivity index (χ0n) is 13.1. The summed E-state index contributed by atoms with van der Waals surface area (Å²) >= 11 is 12.3. The second-order valence-electron chi connectivity index (χ2n) is 5.91. The van der Waals surface area contributed by atoms with Crippen LogP contribution in [0.2, 0.25) is 10.0 Å². The molecule has 0 spiro atoms. The van der Waals surface area contributed by atoms with Gasteiger partial charge in [-0.3, -0.25) is 4.90 Å². The average molecular weight is 330 g/mol. The molecule has 1 aromatic carbocycles. The second-order valence-corrected chi connectivity index (χ2v) is 6.76. The topological polar surface area (TPSA) is 18.5 Å². The third-order valence-electron chi connectivity index (χ3n) is 4.29. The van der Waals surface area contributed by atoms with E-state index in [2.05, 4.69) is 36.1 Å². The van der Waals surface area contributed by atoms with E-state index in [0.29, 0.717) is 17.1 Å². The van der Waals surface area contributed by atoms with Gasteiger partial charge < -0.3 is 10.2 Å². The number of hydrogen-bond acceptors (Lipinski definition) is 3. The molecule has 2 unspecified atom stereocenters. The lowest BCUT2D eigenvalue weighted by molar-refractivity contribution is 0.0881. The van der Waals surface area contributed by atoms with Gasteiger partial charge in [-0.1, -0.05) is 36.2 Å². The first kappa shape index (κ1) is 17.0. The molecule has 0 aliphatic carbocycles. The molecule has 1 aliphatic rings. The molecule has 3 nitrogen and oxygen atoms in total. The molecule has 21 heavy (non-hydrogen) atoms. The van der Waals surface area contributed by atoms with Gasteiger partial charge in [0, 0.05) is 41.8 Å². The van der Waals surface area contributed by atoms with Crippen LogP contribution in [0.15, 0.2) is 18.2 Å². The Kier molecular flexibility index (Phi) is 6.33. The number of rotatable bonds is 5. The summed E-state index contributed by atoms with van der Waals surface area (Å²) in [6.45, 7) is 6.44. The molecule has 1 N–H and O–H groups in total. The third-order valence-corrected chi connectivity index (χ3v) is 4.87. The highest BCUT2D eigenvalue weighted by atomic mass is 35.5. The molecule has 1 aromatic rings. The van der Waals surface area contributed by atoms with Crippen LogP contribution in [0.5, 0.6) is 0 Å². The van der Waals surface area contributed by atoms with Gasteiger partial charge in [0.15, 0.2) is 0 Å². The van der Waals surface area contributed by atoms with E-state index in [-0.39, 0.29) is 0 Å². The molecule has 118 valence electrons. The monoisotopic (exact) mass is 329 g/mol. The van der Waals surface area contributed by atoms with E-state index in [4.69, 9.17) is 23.2 Å². The van der Waals surface area contributed by atoms with E-state index >= 15 is 0 Å². The van der Waals surface area contributed by atoms with Crippen molar-refractivity contribution in [1.29, 1.82) is 0 Å². The van der Waals surface area contributed by atoms with Crippen LogP contribution in [0.4, 0.5) is 0 Å². The van der Waals surface area contributed by atoms with Gasteiger partial charge in [-0.2, -0.15) is 0 Å². The SMILES string of the molecule is CCNC(Cc1ccc(Cl)cc1Cl)C1CN(C)CCN1C. The Hall–Kier alpha value is -0.320. The largest absolute Gasteiger partial charge is 0.312 e. The van der Waals surface area contributed by atoms with Gasteiger partial charge in [0.05, 0.1) is 0 Å². The van der Waals surface area contributed by atoms with Crippen molar-refractivity contribution in [2.45, 2.75) is 25.4 Å². The maximum absolute atomic E-state index is 6.34. The van der Waals surface area contributed by atoms with Crippen molar-refractivity contribution >= 4 is 23.2 Å². The predicted octanol–water partition coefficient (Wildman–Crippen LogP) is 2.76. The maximum Gasteiger partial charge on any atom is 0.0453 e. The Balaban J connectivity index is 2.14. The van der Waals surface area contributed by atoms with Crippen LogP contribution in [-0.2, 0) is 6.42 Å². The van der Waals surface area contributed by atoms with Crippen molar-refractivity contribution in [2.75, 3.05) is 40.3 Å². The van der Waals surface area contributed by atoms with Crippen LogP contribution in [0.3, 0.4) is 0 Å². The number of hydrogen-bond donors (Lipinski definition) is 1. The first-order valence-corrected chi connectivity index (χ1v) is 8.33. The Morgan fingerprint density at radius 1 is 1.29 bits per heavy atom. The molecule has 1 saturated heterocycles. The molecule has 2 atom stereocenters. The first-order chi connectivity index (χ1) is 10.0. The number of likely N-dealkylation sites (N-methyl/N-ethyl adjacent to an activating group) is 3. The lowest BCUT2D eigenvalue weighted by Gasteiger charge is -2.42. The number of halogens is 2. The lowest BCUT2D eigenvalue weighted by Crippen LogP contribution is -2.59. The Morgan fingerprint density at radius 3 is 2.71 bits per heavy atom. The van der Waals surface area contributed by atoms with Crippen molar-refractivity contribution in [3.8, 4) is 0 Å². The summed E-state index contributed by atoms with van der Waals surface area (Å²) in [5.41, 5.74) is 1.16. The molecule has 1 fully saturated rings. The molecule has 1 heterocycles. The minimum atomic E-state index is 0.390. The minimum absolute atomic E-state index is 0.390. The van der Waals surface area contributed by atoms with Crippen LogP contribution >= 0.6 is 23.2 Å². The predicted molar refractivity (Wildman–Crippen MR) is 91.5 cm³/mol. The van der Waals surface area contributed by atoms with Gasteiger partial charge in [0.25, 0.3) is 0 Å². The van der Waals surface area contributed by atoms with E-state index < -0.39 is 0 Å². The van der Waals surface area contributed by atoms with Crippen LogP contribution in [0.1, 0.15) is 12.5 Å². The molecule has 0 saturated carbocycles. The van der Waals surface area contributed by atoms with Gasteiger partial charge in [0.1, 0.15) is 0 Å². The van der Waals surface area contributed by atoms with Crippen LogP contribution in [0, 0.1) is 0 Å². The van der Waals surface area contributed by atoms with Gasteiger partial charge in [-0.15, -0.1) is 0 Å². The van der Waals surface area contributed by atoms with E-state index in [9.17, 15) is 0 Å². The van der Waals surface area contributed by atoms with Crippen molar-refractivity contribution in [3.05, 3.63) is 33.8 Å². The maximum atomic E-state index is 6.34. The zero-order valence-corrected chi connectivity index (χ0v) is 14.6. The summed E-state index contributed by atoms with van der Waals surface area (Å²) in [6, 6.07) is 6.68. The van der Waals surface area contributed by atoms with E-state index in [0.717, 1.165) is 43.2 Å². The summed E-state index contributed by atoms with van der Waals surface area (Å²) in [5, 5.41) is 5.09. The number of nitrogens with zero attached hydrogens (tertiary/aromatic N) is 2. The Labute approximate surface area is 138 Å². The van der Waals surface area contributed by atoms with Crippen molar-refractivity contribution in [3.63, 3.8) is 0 Å². The summed E-state index contributed by atoms with van der Waals surface area (Å²) in [6.07, 6.45) is 0.923. The Bertz CT molecular complexity index is 467. The molecule has 0 amide bonds. The fourth-order valence-corrected chi connectivity index (χ4v) is 3.49. The summed E-state index contributed by atoms with van der Waals surface area (Å²) < 4.78 is 0. The van der Waals surface area contributed by atoms with Crippen molar-refractivity contribution in [1.82, 2.24) is 15.1 Å². The van der Waals surface area contributed by atoms with E-state index in [1.807, 2.05) is 18.2 Å². The van der Waals surface area contributed by atoms with Crippen LogP contribution in [-0.4, -0.2) is 62.2 Å². The molecule has 0 radical (unpaired) electrons. The normalized spacial score (nSPS) is 22.4. The molecule has 2 rings (SSSR count). The molecule has 1 aliphatic heterocycles. The third kappa shape index (κ3) is 4.57. The van der Waals surface area contributed by atoms with Crippen LogP contribution in [0.25, 0.3) is 0 Å². The highest BCUT2D eigenvalue weighted by Gasteiger charge is 2.29. The highest BCUT2D eigenvalue weighted by molar-refractivity contribution is 6.35. The van der Waals surface area contributed by atoms with Crippen LogP contribution < -0.4 is 5.32 Å². The minimum Gasteiger partial charge on any atom is -0.312 e. The van der Waals surface area contributed by atoms with Gasteiger partial charge >= 0.3 is 0 Å². The summed E-state index contributed by atoms with van der Waals surface area (Å²) in [7, 11) is 4.41. The van der Waals surface area contributed by atoms with Gasteiger partial charge in [-0.25, -0.2) is 0 Å². The quantitative estimate of drug-likeness (QED) is 0.896. The standard InChI is InChI=1S/C16H25Cl2N3/c1-4-19-15(16-11-20(2)7-8-21(16)3)9-12-5-6-13(17)10-14(12)18/h5-6,10,15-16,19H,4,7-9,11H2,1-3H3. The average Bonchev–Trinajstić information content (AvgIpc) is 2.44. The zero-order chi connectivity index (χ0) is 15.4. The lowest BCUT2D eigenvalue weighted by atomic mass is 9.96. The van der Waals surface area contributed by atoms with Crippen molar-refractivity contribution < 1.29 is 0 Å². The van der Waals surface area contributed by atoms with E-state index in [1.165, 1.54) is 0 Å². The Morgan fingerprint density at radius 2 is 2.05 bits per heavy atom. The van der Waals surface area contributed by atoms with Gasteiger partial charge in [-0.05, 0) is 44.8 Å².